The summed E-state index contributed by atoms with van der Waals surface area (Å²) in [4.78, 5) is 14.7. The van der Waals surface area contributed by atoms with E-state index in [4.69, 9.17) is 0 Å². The van der Waals surface area contributed by atoms with E-state index in [1.807, 2.05) is 7.05 Å². The SMILES string of the molecule is Cn1cnnc1SCC(=O)N1CCc2cc(S(=O)(=O)N3CCCCC3)ccc21. The topological polar surface area (TPSA) is 88.4 Å². The highest BCUT2D eigenvalue weighted by molar-refractivity contribution is 7.99. The average molecular weight is 422 g/mol. The van der Waals surface area contributed by atoms with Gasteiger partial charge in [0.1, 0.15) is 6.33 Å². The molecule has 1 saturated heterocycles. The van der Waals surface area contributed by atoms with Crippen LogP contribution < -0.4 is 4.90 Å². The number of hydrogen-bond donors (Lipinski definition) is 0. The van der Waals surface area contributed by atoms with Crippen molar-refractivity contribution < 1.29 is 13.2 Å². The van der Waals surface area contributed by atoms with Gasteiger partial charge in [0.25, 0.3) is 0 Å². The van der Waals surface area contributed by atoms with Gasteiger partial charge < -0.3 is 9.47 Å². The van der Waals surface area contributed by atoms with Crippen LogP contribution in [-0.4, -0.2) is 58.8 Å². The van der Waals surface area contributed by atoms with Crippen LogP contribution in [0, 0.1) is 0 Å². The van der Waals surface area contributed by atoms with Crippen LogP contribution in [0.1, 0.15) is 24.8 Å². The van der Waals surface area contributed by atoms with Crippen LogP contribution in [0.2, 0.25) is 0 Å². The summed E-state index contributed by atoms with van der Waals surface area (Å²) in [7, 11) is -1.62. The van der Waals surface area contributed by atoms with Crippen molar-refractivity contribution in [3.8, 4) is 0 Å². The number of fused-ring (bicyclic) bond motifs is 1. The first-order valence-corrected chi connectivity index (χ1v) is 11.8. The van der Waals surface area contributed by atoms with Crippen LogP contribution in [0.15, 0.2) is 34.6 Å². The van der Waals surface area contributed by atoms with Gasteiger partial charge in [0.2, 0.25) is 15.9 Å². The lowest BCUT2D eigenvalue weighted by Crippen LogP contribution is -2.35. The lowest BCUT2D eigenvalue weighted by atomic mass is 10.2. The molecule has 28 heavy (non-hydrogen) atoms. The molecule has 2 aromatic rings. The molecule has 2 aliphatic heterocycles. The zero-order valence-electron chi connectivity index (χ0n) is 15.7. The normalized spacial score (nSPS) is 17.7. The van der Waals surface area contributed by atoms with Crippen molar-refractivity contribution in [2.45, 2.75) is 35.7 Å². The number of hydrogen-bond acceptors (Lipinski definition) is 6. The minimum Gasteiger partial charge on any atom is -0.312 e. The summed E-state index contributed by atoms with van der Waals surface area (Å²) in [5.74, 6) is 0.248. The standard InChI is InChI=1S/C18H23N5O3S2/c1-21-13-19-20-18(21)27-12-17(24)23-10-7-14-11-15(5-6-16(14)23)28(25,26)22-8-3-2-4-9-22/h5-6,11,13H,2-4,7-10,12H2,1H3. The Balaban J connectivity index is 1.48. The van der Waals surface area contributed by atoms with Gasteiger partial charge >= 0.3 is 0 Å². The molecule has 1 amide bonds. The van der Waals surface area contributed by atoms with E-state index in [1.165, 1.54) is 11.8 Å². The van der Waals surface area contributed by atoms with Crippen molar-refractivity contribution in [3.63, 3.8) is 0 Å². The molecule has 0 atom stereocenters. The molecule has 8 nitrogen and oxygen atoms in total. The molecule has 0 spiro atoms. The van der Waals surface area contributed by atoms with E-state index in [2.05, 4.69) is 10.2 Å². The number of benzene rings is 1. The molecule has 3 heterocycles. The van der Waals surface area contributed by atoms with Gasteiger partial charge in [-0.2, -0.15) is 4.31 Å². The summed E-state index contributed by atoms with van der Waals surface area (Å²) >= 11 is 1.35. The first kappa shape index (κ1) is 19.4. The van der Waals surface area contributed by atoms with E-state index < -0.39 is 10.0 Å². The van der Waals surface area contributed by atoms with Gasteiger partial charge in [-0.1, -0.05) is 18.2 Å². The van der Waals surface area contributed by atoms with Crippen LogP contribution in [0.4, 0.5) is 5.69 Å². The number of anilines is 1. The van der Waals surface area contributed by atoms with Gasteiger partial charge in [0.05, 0.1) is 10.6 Å². The highest BCUT2D eigenvalue weighted by Gasteiger charge is 2.30. The molecule has 1 aromatic carbocycles. The Hall–Kier alpha value is -1.91. The summed E-state index contributed by atoms with van der Waals surface area (Å²) in [5, 5.41) is 8.48. The van der Waals surface area contributed by atoms with Gasteiger partial charge in [-0.05, 0) is 43.0 Å². The number of aryl methyl sites for hydroxylation is 1. The van der Waals surface area contributed by atoms with Crippen LogP contribution in [0.3, 0.4) is 0 Å². The molecule has 4 rings (SSSR count). The quantitative estimate of drug-likeness (QED) is 0.683. The molecule has 0 N–H and O–H groups in total. The molecule has 0 aliphatic carbocycles. The molecular formula is C18H23N5O3S2. The monoisotopic (exact) mass is 421 g/mol. The maximum absolute atomic E-state index is 12.9. The van der Waals surface area contributed by atoms with Crippen LogP contribution >= 0.6 is 11.8 Å². The molecule has 10 heteroatoms. The molecule has 2 aliphatic rings. The minimum absolute atomic E-state index is 0.0154. The Morgan fingerprint density at radius 2 is 1.96 bits per heavy atom. The van der Waals surface area contributed by atoms with Crippen molar-refractivity contribution in [2.24, 2.45) is 7.05 Å². The Morgan fingerprint density at radius 3 is 2.68 bits per heavy atom. The van der Waals surface area contributed by atoms with Crippen molar-refractivity contribution in [1.82, 2.24) is 19.1 Å². The molecule has 150 valence electrons. The van der Waals surface area contributed by atoms with Gasteiger partial charge in [-0.3, -0.25) is 4.79 Å². The molecule has 0 unspecified atom stereocenters. The fourth-order valence-corrected chi connectivity index (χ4v) is 5.99. The van der Waals surface area contributed by atoms with E-state index in [-0.39, 0.29) is 11.7 Å². The van der Waals surface area contributed by atoms with Crippen LogP contribution in [0.5, 0.6) is 0 Å². The van der Waals surface area contributed by atoms with Gasteiger partial charge in [-0.15, -0.1) is 10.2 Å². The average Bonchev–Trinajstić information content (AvgIpc) is 3.32. The van der Waals surface area contributed by atoms with Gasteiger partial charge in [0, 0.05) is 32.4 Å². The second-order valence-electron chi connectivity index (χ2n) is 7.06. The minimum atomic E-state index is -3.46. The maximum atomic E-state index is 12.9. The lowest BCUT2D eigenvalue weighted by molar-refractivity contribution is -0.116. The number of carbonyl (C=O) groups excluding carboxylic acids is 1. The number of piperidine rings is 1. The number of carbonyl (C=O) groups is 1. The van der Waals surface area contributed by atoms with E-state index in [9.17, 15) is 13.2 Å². The van der Waals surface area contributed by atoms with Crippen LogP contribution in [0.25, 0.3) is 0 Å². The molecule has 1 fully saturated rings. The first-order valence-electron chi connectivity index (χ1n) is 9.37. The molecule has 1 aromatic heterocycles. The van der Waals surface area contributed by atoms with Crippen molar-refractivity contribution in [3.05, 3.63) is 30.1 Å². The highest BCUT2D eigenvalue weighted by Crippen LogP contribution is 2.32. The van der Waals surface area contributed by atoms with E-state index >= 15 is 0 Å². The van der Waals surface area contributed by atoms with E-state index in [1.54, 1.807) is 38.3 Å². The smallest absolute Gasteiger partial charge is 0.243 e. The van der Waals surface area contributed by atoms with Gasteiger partial charge in [-0.25, -0.2) is 8.42 Å². The Morgan fingerprint density at radius 1 is 1.18 bits per heavy atom. The lowest BCUT2D eigenvalue weighted by Gasteiger charge is -2.26. The summed E-state index contributed by atoms with van der Waals surface area (Å²) in [6.07, 6.45) is 5.17. The third-order valence-electron chi connectivity index (χ3n) is 5.19. The second-order valence-corrected chi connectivity index (χ2v) is 9.94. The largest absolute Gasteiger partial charge is 0.312 e. The fraction of sp³-hybridized carbons (Fsp3) is 0.500. The molecule has 0 bridgehead atoms. The number of amides is 1. The summed E-state index contributed by atoms with van der Waals surface area (Å²) < 4.78 is 29.1. The predicted octanol–water partition coefficient (Wildman–Crippen LogP) is 1.67. The third-order valence-corrected chi connectivity index (χ3v) is 8.11. The van der Waals surface area contributed by atoms with Crippen LogP contribution in [-0.2, 0) is 28.3 Å². The Kier molecular flexibility index (Phi) is 5.44. The van der Waals surface area contributed by atoms with Crippen molar-refractivity contribution >= 4 is 33.4 Å². The van der Waals surface area contributed by atoms with Crippen molar-refractivity contribution in [2.75, 3.05) is 30.3 Å². The second kappa shape index (κ2) is 7.84. The summed E-state index contributed by atoms with van der Waals surface area (Å²) in [6.45, 7) is 1.74. The van der Waals surface area contributed by atoms with E-state index in [0.29, 0.717) is 36.1 Å². The van der Waals surface area contributed by atoms with Crippen molar-refractivity contribution in [1.29, 1.82) is 0 Å². The maximum Gasteiger partial charge on any atom is 0.243 e. The highest BCUT2D eigenvalue weighted by atomic mass is 32.2. The fourth-order valence-electron chi connectivity index (χ4n) is 3.66. The van der Waals surface area contributed by atoms with E-state index in [0.717, 1.165) is 30.5 Å². The Labute approximate surface area is 169 Å². The molecular weight excluding hydrogens is 398 g/mol. The Bertz CT molecular complexity index is 983. The molecule has 0 saturated carbocycles. The number of rotatable bonds is 5. The number of aromatic nitrogens is 3. The zero-order valence-corrected chi connectivity index (χ0v) is 17.4. The number of sulfonamides is 1. The summed E-state index contributed by atoms with van der Waals surface area (Å²) in [5.41, 5.74) is 1.72. The predicted molar refractivity (Wildman–Crippen MR) is 107 cm³/mol. The zero-order chi connectivity index (χ0) is 19.7. The summed E-state index contributed by atoms with van der Waals surface area (Å²) in [6, 6.07) is 5.14. The number of thioether (sulfide) groups is 1. The third kappa shape index (κ3) is 3.68. The number of nitrogens with zero attached hydrogens (tertiary/aromatic N) is 5. The molecule has 0 radical (unpaired) electrons. The van der Waals surface area contributed by atoms with Gasteiger partial charge in [0.15, 0.2) is 5.16 Å². The first-order chi connectivity index (χ1) is 13.5.